The number of esters is 1. The first kappa shape index (κ1) is 22.6. The highest BCUT2D eigenvalue weighted by molar-refractivity contribution is 7.89. The van der Waals surface area contributed by atoms with Gasteiger partial charge in [-0.2, -0.15) is 4.31 Å². The van der Waals surface area contributed by atoms with Crippen molar-refractivity contribution in [3.05, 3.63) is 28.8 Å². The summed E-state index contributed by atoms with van der Waals surface area (Å²) in [6.07, 6.45) is 5.23. The number of rotatable bonds is 9. The molecule has 1 aliphatic rings. The van der Waals surface area contributed by atoms with E-state index in [0.717, 1.165) is 25.7 Å². The highest BCUT2D eigenvalue weighted by Gasteiger charge is 2.27. The van der Waals surface area contributed by atoms with Crippen LogP contribution in [0.2, 0.25) is 5.02 Å². The summed E-state index contributed by atoms with van der Waals surface area (Å²) in [7, 11) is -2.27. The van der Waals surface area contributed by atoms with Crippen molar-refractivity contribution < 1.29 is 22.7 Å². The van der Waals surface area contributed by atoms with Gasteiger partial charge in [-0.05, 0) is 43.9 Å². The molecule has 7 nitrogen and oxygen atoms in total. The van der Waals surface area contributed by atoms with Crippen molar-refractivity contribution in [2.75, 3.05) is 26.7 Å². The van der Waals surface area contributed by atoms with Crippen molar-refractivity contribution in [3.8, 4) is 0 Å². The fourth-order valence-corrected chi connectivity index (χ4v) is 4.81. The van der Waals surface area contributed by atoms with Gasteiger partial charge in [0.05, 0.1) is 22.6 Å². The van der Waals surface area contributed by atoms with Gasteiger partial charge in [0, 0.05) is 26.1 Å². The Balaban J connectivity index is 1.94. The van der Waals surface area contributed by atoms with E-state index < -0.39 is 15.9 Å². The maximum Gasteiger partial charge on any atom is 0.305 e. The summed E-state index contributed by atoms with van der Waals surface area (Å²) >= 11 is 6.12. The Morgan fingerprint density at radius 3 is 2.54 bits per heavy atom. The molecule has 28 heavy (non-hydrogen) atoms. The first-order valence-electron chi connectivity index (χ1n) is 9.51. The summed E-state index contributed by atoms with van der Waals surface area (Å²) in [6.45, 7) is 1.41. The molecule has 1 saturated heterocycles. The van der Waals surface area contributed by atoms with Crippen LogP contribution in [-0.4, -0.2) is 51.3 Å². The van der Waals surface area contributed by atoms with Crippen molar-refractivity contribution in [2.24, 2.45) is 0 Å². The molecule has 1 N–H and O–H groups in total. The monoisotopic (exact) mass is 430 g/mol. The molecular formula is C19H27ClN2O5S. The minimum Gasteiger partial charge on any atom is -0.469 e. The predicted molar refractivity (Wildman–Crippen MR) is 107 cm³/mol. The molecule has 1 fully saturated rings. The first-order chi connectivity index (χ1) is 13.4. The summed E-state index contributed by atoms with van der Waals surface area (Å²) in [5.41, 5.74) is 0.148. The predicted octanol–water partition coefficient (Wildman–Crippen LogP) is 2.98. The van der Waals surface area contributed by atoms with Crippen LogP contribution < -0.4 is 5.32 Å². The van der Waals surface area contributed by atoms with E-state index in [4.69, 9.17) is 11.6 Å². The number of sulfonamides is 1. The number of nitrogens with zero attached hydrogens (tertiary/aromatic N) is 1. The van der Waals surface area contributed by atoms with Crippen molar-refractivity contribution >= 4 is 33.5 Å². The number of hydrogen-bond donors (Lipinski definition) is 1. The van der Waals surface area contributed by atoms with Crippen molar-refractivity contribution in [1.29, 1.82) is 0 Å². The van der Waals surface area contributed by atoms with Gasteiger partial charge in [-0.3, -0.25) is 9.59 Å². The summed E-state index contributed by atoms with van der Waals surface area (Å²) in [6, 6.07) is 4.23. The van der Waals surface area contributed by atoms with E-state index in [1.165, 1.54) is 29.6 Å². The normalized spacial score (nSPS) is 15.2. The second-order valence-corrected chi connectivity index (χ2v) is 9.09. The zero-order valence-electron chi connectivity index (χ0n) is 16.1. The van der Waals surface area contributed by atoms with E-state index in [0.29, 0.717) is 38.9 Å². The topological polar surface area (TPSA) is 92.8 Å². The summed E-state index contributed by atoms with van der Waals surface area (Å²) in [5, 5.41) is 2.96. The van der Waals surface area contributed by atoms with Crippen LogP contribution in [0.5, 0.6) is 0 Å². The van der Waals surface area contributed by atoms with Crippen LogP contribution in [0.3, 0.4) is 0 Å². The Morgan fingerprint density at radius 2 is 1.86 bits per heavy atom. The second-order valence-electron chi connectivity index (χ2n) is 6.75. The van der Waals surface area contributed by atoms with Crippen LogP contribution in [-0.2, 0) is 19.6 Å². The number of piperidine rings is 1. The maximum atomic E-state index is 12.8. The van der Waals surface area contributed by atoms with Crippen LogP contribution >= 0.6 is 11.6 Å². The molecule has 0 saturated carbocycles. The van der Waals surface area contributed by atoms with Gasteiger partial charge in [0.2, 0.25) is 10.0 Å². The van der Waals surface area contributed by atoms with Gasteiger partial charge in [-0.1, -0.05) is 24.4 Å². The lowest BCUT2D eigenvalue weighted by Crippen LogP contribution is -2.35. The van der Waals surface area contributed by atoms with Gasteiger partial charge in [-0.15, -0.1) is 0 Å². The molecule has 0 aromatic heterocycles. The zero-order chi connectivity index (χ0) is 20.6. The minimum atomic E-state index is -3.63. The number of hydrogen-bond acceptors (Lipinski definition) is 5. The Bertz CT molecular complexity index is 792. The average molecular weight is 431 g/mol. The molecule has 9 heteroatoms. The number of nitrogens with one attached hydrogen (secondary N) is 1. The van der Waals surface area contributed by atoms with Gasteiger partial charge >= 0.3 is 5.97 Å². The highest BCUT2D eigenvalue weighted by atomic mass is 35.5. The number of carbonyl (C=O) groups excluding carboxylic acids is 2. The molecule has 1 aliphatic heterocycles. The van der Waals surface area contributed by atoms with Gasteiger partial charge < -0.3 is 10.1 Å². The third-order valence-electron chi connectivity index (χ3n) is 4.71. The molecule has 1 heterocycles. The van der Waals surface area contributed by atoms with Crippen molar-refractivity contribution in [3.63, 3.8) is 0 Å². The van der Waals surface area contributed by atoms with E-state index in [9.17, 15) is 18.0 Å². The maximum absolute atomic E-state index is 12.8. The van der Waals surface area contributed by atoms with E-state index in [-0.39, 0.29) is 21.5 Å². The molecular weight excluding hydrogens is 404 g/mol. The molecule has 2 rings (SSSR count). The number of halogens is 1. The molecule has 156 valence electrons. The van der Waals surface area contributed by atoms with Gasteiger partial charge in [0.1, 0.15) is 0 Å². The lowest BCUT2D eigenvalue weighted by atomic mass is 10.2. The number of ether oxygens (including phenoxy) is 1. The molecule has 0 spiro atoms. The standard InChI is InChI=1S/C19H27ClN2O5S/c1-27-18(23)8-4-2-5-11-21-19(24)16-14-15(9-10-17(16)20)28(25,26)22-12-6-3-7-13-22/h9-10,14H,2-8,11-13H2,1H3,(H,21,24). The quantitative estimate of drug-likeness (QED) is 0.480. The molecule has 1 amide bonds. The Labute approximate surface area is 171 Å². The summed E-state index contributed by atoms with van der Waals surface area (Å²) in [4.78, 5) is 23.6. The van der Waals surface area contributed by atoms with E-state index in [1.807, 2.05) is 0 Å². The van der Waals surface area contributed by atoms with Gasteiger partial charge in [0.25, 0.3) is 5.91 Å². The summed E-state index contributed by atoms with van der Waals surface area (Å²) in [5.74, 6) is -0.656. The molecule has 0 radical (unpaired) electrons. The average Bonchev–Trinajstić information content (AvgIpc) is 2.70. The molecule has 1 aromatic rings. The van der Waals surface area contributed by atoms with Crippen LogP contribution in [0, 0.1) is 0 Å². The van der Waals surface area contributed by atoms with Crippen molar-refractivity contribution in [2.45, 2.75) is 49.8 Å². The molecule has 0 atom stereocenters. The van der Waals surface area contributed by atoms with Gasteiger partial charge in [-0.25, -0.2) is 8.42 Å². The van der Waals surface area contributed by atoms with Crippen LogP contribution in [0.15, 0.2) is 23.1 Å². The van der Waals surface area contributed by atoms with Crippen LogP contribution in [0.25, 0.3) is 0 Å². The van der Waals surface area contributed by atoms with Crippen molar-refractivity contribution in [1.82, 2.24) is 9.62 Å². The zero-order valence-corrected chi connectivity index (χ0v) is 17.7. The molecule has 0 unspecified atom stereocenters. The number of methoxy groups -OCH3 is 1. The fraction of sp³-hybridized carbons (Fsp3) is 0.579. The number of carbonyl (C=O) groups is 2. The highest BCUT2D eigenvalue weighted by Crippen LogP contribution is 2.25. The largest absolute Gasteiger partial charge is 0.469 e. The Kier molecular flexibility index (Phi) is 8.72. The number of benzene rings is 1. The second kappa shape index (κ2) is 10.8. The molecule has 1 aromatic carbocycles. The molecule has 0 aliphatic carbocycles. The fourth-order valence-electron chi connectivity index (χ4n) is 3.06. The van der Waals surface area contributed by atoms with E-state index in [1.54, 1.807) is 0 Å². The third-order valence-corrected chi connectivity index (χ3v) is 6.93. The van der Waals surface area contributed by atoms with E-state index >= 15 is 0 Å². The molecule has 0 bridgehead atoms. The first-order valence-corrected chi connectivity index (χ1v) is 11.3. The van der Waals surface area contributed by atoms with Gasteiger partial charge in [0.15, 0.2) is 0 Å². The Morgan fingerprint density at radius 1 is 1.14 bits per heavy atom. The summed E-state index contributed by atoms with van der Waals surface area (Å²) < 4.78 is 31.6. The SMILES string of the molecule is COC(=O)CCCCCNC(=O)c1cc(S(=O)(=O)N2CCCCC2)ccc1Cl. The number of amides is 1. The van der Waals surface area contributed by atoms with E-state index in [2.05, 4.69) is 10.1 Å². The smallest absolute Gasteiger partial charge is 0.305 e. The lowest BCUT2D eigenvalue weighted by Gasteiger charge is -2.26. The van der Waals surface area contributed by atoms with Crippen LogP contribution in [0.1, 0.15) is 55.3 Å². The number of unbranched alkanes of at least 4 members (excludes halogenated alkanes) is 2. The Hall–Kier alpha value is -1.64. The third kappa shape index (κ3) is 6.18. The lowest BCUT2D eigenvalue weighted by molar-refractivity contribution is -0.140. The van der Waals surface area contributed by atoms with Crippen LogP contribution in [0.4, 0.5) is 0 Å². The minimum absolute atomic E-state index is 0.0852.